The molecule has 0 radical (unpaired) electrons. The molecule has 3 atom stereocenters. The standard InChI is InChI=1S/C34H37FO3/c1-21-7-12-31(35)27(16-21)25-11-8-22(17-26(25)28-6-4-5-14-33(28,2)3)20-38-24-10-9-23-13-15-34(29(23)18-24)19-30(34)32(36)37/h7-12,16-18,28,30H,4-6,13-15,19-20H2,1-3H3,(H,36,37)/t28-,30-,34-/m0/s1. The largest absolute Gasteiger partial charge is 0.489 e. The van der Waals surface area contributed by atoms with Gasteiger partial charge in [-0.2, -0.15) is 0 Å². The second-order valence-electron chi connectivity index (χ2n) is 12.6. The van der Waals surface area contributed by atoms with E-state index in [0.29, 0.717) is 18.1 Å². The van der Waals surface area contributed by atoms with Gasteiger partial charge in [-0.25, -0.2) is 4.39 Å². The summed E-state index contributed by atoms with van der Waals surface area (Å²) in [4.78, 5) is 11.7. The van der Waals surface area contributed by atoms with Crippen molar-refractivity contribution in [3.8, 4) is 16.9 Å². The van der Waals surface area contributed by atoms with Crippen molar-refractivity contribution in [3.05, 3.63) is 88.2 Å². The maximum absolute atomic E-state index is 15.1. The topological polar surface area (TPSA) is 46.5 Å². The molecule has 198 valence electrons. The molecule has 2 fully saturated rings. The van der Waals surface area contributed by atoms with Crippen molar-refractivity contribution in [1.29, 1.82) is 0 Å². The molecular formula is C34H37FO3. The number of aliphatic carboxylic acids is 1. The Morgan fingerprint density at radius 2 is 1.87 bits per heavy atom. The van der Waals surface area contributed by atoms with Crippen LogP contribution in [0.5, 0.6) is 5.75 Å². The average Bonchev–Trinajstić information content (AvgIpc) is 3.53. The summed E-state index contributed by atoms with van der Waals surface area (Å²) in [5, 5.41) is 9.58. The third kappa shape index (κ3) is 4.32. The molecular weight excluding hydrogens is 475 g/mol. The number of carboxylic acid groups (broad SMARTS) is 1. The first kappa shape index (κ1) is 25.2. The average molecular weight is 513 g/mol. The van der Waals surface area contributed by atoms with E-state index in [-0.39, 0.29) is 22.6 Å². The SMILES string of the molecule is Cc1ccc(F)c(-c2ccc(COc3ccc4c(c3)[C@]3(CC4)C[C@H]3C(=O)O)cc2[C@@H]2CCCCC2(C)C)c1. The van der Waals surface area contributed by atoms with Gasteiger partial charge in [0, 0.05) is 11.0 Å². The number of hydrogen-bond donors (Lipinski definition) is 1. The van der Waals surface area contributed by atoms with Crippen molar-refractivity contribution < 1.29 is 19.0 Å². The summed E-state index contributed by atoms with van der Waals surface area (Å²) in [6.45, 7) is 7.12. The van der Waals surface area contributed by atoms with Crippen LogP contribution >= 0.6 is 0 Å². The molecule has 0 aliphatic heterocycles. The van der Waals surface area contributed by atoms with Crippen LogP contribution in [-0.4, -0.2) is 11.1 Å². The van der Waals surface area contributed by atoms with Gasteiger partial charge in [0.05, 0.1) is 5.92 Å². The number of halogens is 1. The van der Waals surface area contributed by atoms with Gasteiger partial charge in [-0.05, 0) is 102 Å². The zero-order chi connectivity index (χ0) is 26.7. The van der Waals surface area contributed by atoms with Gasteiger partial charge in [-0.15, -0.1) is 0 Å². The zero-order valence-corrected chi connectivity index (χ0v) is 22.6. The molecule has 6 rings (SSSR count). The smallest absolute Gasteiger partial charge is 0.307 e. The highest BCUT2D eigenvalue weighted by Gasteiger charge is 2.61. The molecule has 0 aromatic heterocycles. The van der Waals surface area contributed by atoms with Gasteiger partial charge >= 0.3 is 5.97 Å². The lowest BCUT2D eigenvalue weighted by Crippen LogP contribution is -2.26. The normalized spacial score (nSPS) is 25.3. The minimum Gasteiger partial charge on any atom is -0.489 e. The number of hydrogen-bond acceptors (Lipinski definition) is 2. The van der Waals surface area contributed by atoms with Crippen LogP contribution < -0.4 is 4.74 Å². The first-order valence-electron chi connectivity index (χ1n) is 14.1. The van der Waals surface area contributed by atoms with Crippen LogP contribution in [-0.2, 0) is 23.2 Å². The van der Waals surface area contributed by atoms with Crippen molar-refractivity contribution in [2.75, 3.05) is 0 Å². The molecule has 3 nitrogen and oxygen atoms in total. The molecule has 0 heterocycles. The quantitative estimate of drug-likeness (QED) is 0.361. The first-order valence-corrected chi connectivity index (χ1v) is 14.1. The van der Waals surface area contributed by atoms with Crippen LogP contribution in [0.1, 0.15) is 86.1 Å². The summed E-state index contributed by atoms with van der Waals surface area (Å²) in [7, 11) is 0. The van der Waals surface area contributed by atoms with Crippen molar-refractivity contribution in [2.45, 2.75) is 83.7 Å². The van der Waals surface area contributed by atoms with Crippen LogP contribution in [0.3, 0.4) is 0 Å². The molecule has 0 amide bonds. The van der Waals surface area contributed by atoms with Gasteiger partial charge in [-0.1, -0.05) is 62.6 Å². The van der Waals surface area contributed by atoms with Crippen LogP contribution in [0.25, 0.3) is 11.1 Å². The second kappa shape index (κ2) is 9.25. The van der Waals surface area contributed by atoms with E-state index in [1.165, 1.54) is 30.4 Å². The highest BCUT2D eigenvalue weighted by molar-refractivity contribution is 5.78. The van der Waals surface area contributed by atoms with Gasteiger partial charge in [0.15, 0.2) is 0 Å². The number of carboxylic acids is 1. The third-order valence-electron chi connectivity index (χ3n) is 9.65. The van der Waals surface area contributed by atoms with Crippen LogP contribution in [0.15, 0.2) is 54.6 Å². The fourth-order valence-corrected chi connectivity index (χ4v) is 7.34. The van der Waals surface area contributed by atoms with Gasteiger partial charge in [0.1, 0.15) is 18.2 Å². The van der Waals surface area contributed by atoms with Crippen LogP contribution in [0.4, 0.5) is 4.39 Å². The summed E-state index contributed by atoms with van der Waals surface area (Å²) in [6, 6.07) is 17.9. The molecule has 0 saturated heterocycles. The highest BCUT2D eigenvalue weighted by Crippen LogP contribution is 2.62. The minimum absolute atomic E-state index is 0.145. The fraction of sp³-hybridized carbons (Fsp3) is 0.441. The number of carbonyl (C=O) groups is 1. The Morgan fingerprint density at radius 3 is 2.63 bits per heavy atom. The van der Waals surface area contributed by atoms with E-state index in [4.69, 9.17) is 4.74 Å². The molecule has 4 heteroatoms. The van der Waals surface area contributed by atoms with E-state index in [0.717, 1.165) is 53.7 Å². The number of rotatable bonds is 6. The summed E-state index contributed by atoms with van der Waals surface area (Å²) in [5.41, 5.74) is 7.38. The molecule has 2 saturated carbocycles. The van der Waals surface area contributed by atoms with Crippen LogP contribution in [0.2, 0.25) is 0 Å². The molecule has 0 unspecified atom stereocenters. The van der Waals surface area contributed by atoms with Crippen molar-refractivity contribution in [3.63, 3.8) is 0 Å². The van der Waals surface area contributed by atoms with Crippen molar-refractivity contribution in [2.24, 2.45) is 11.3 Å². The Balaban J connectivity index is 1.31. The number of ether oxygens (including phenoxy) is 1. The maximum atomic E-state index is 15.1. The fourth-order valence-electron chi connectivity index (χ4n) is 7.34. The van der Waals surface area contributed by atoms with E-state index >= 15 is 4.39 Å². The Morgan fingerprint density at radius 1 is 1.03 bits per heavy atom. The number of fused-ring (bicyclic) bond motifs is 2. The lowest BCUT2D eigenvalue weighted by Gasteiger charge is -2.40. The van der Waals surface area contributed by atoms with Crippen molar-refractivity contribution in [1.82, 2.24) is 0 Å². The zero-order valence-electron chi connectivity index (χ0n) is 22.6. The van der Waals surface area contributed by atoms with E-state index in [1.54, 1.807) is 6.07 Å². The molecule has 1 N–H and O–H groups in total. The van der Waals surface area contributed by atoms with Crippen molar-refractivity contribution >= 4 is 5.97 Å². The summed E-state index contributed by atoms with van der Waals surface area (Å²) >= 11 is 0. The van der Waals surface area contributed by atoms with Gasteiger partial charge < -0.3 is 9.84 Å². The third-order valence-corrected chi connectivity index (χ3v) is 9.65. The van der Waals surface area contributed by atoms with E-state index in [9.17, 15) is 9.90 Å². The highest BCUT2D eigenvalue weighted by atomic mass is 19.1. The van der Waals surface area contributed by atoms with E-state index in [2.05, 4.69) is 44.2 Å². The monoisotopic (exact) mass is 512 g/mol. The molecule has 3 aromatic rings. The molecule has 3 aliphatic carbocycles. The summed E-state index contributed by atoms with van der Waals surface area (Å²) in [6.07, 6.45) is 7.30. The lowest BCUT2D eigenvalue weighted by atomic mass is 9.65. The molecule has 1 spiro atoms. The number of aryl methyl sites for hydroxylation is 2. The van der Waals surface area contributed by atoms with E-state index in [1.807, 2.05) is 25.1 Å². The van der Waals surface area contributed by atoms with Gasteiger partial charge in [0.2, 0.25) is 0 Å². The summed E-state index contributed by atoms with van der Waals surface area (Å²) < 4.78 is 21.4. The first-order chi connectivity index (χ1) is 18.2. The van der Waals surface area contributed by atoms with Gasteiger partial charge in [-0.3, -0.25) is 4.79 Å². The Kier molecular flexibility index (Phi) is 6.13. The predicted molar refractivity (Wildman–Crippen MR) is 148 cm³/mol. The minimum atomic E-state index is -0.688. The van der Waals surface area contributed by atoms with Crippen LogP contribution in [0, 0.1) is 24.1 Å². The predicted octanol–water partition coefficient (Wildman–Crippen LogP) is 8.35. The maximum Gasteiger partial charge on any atom is 0.307 e. The Bertz CT molecular complexity index is 1410. The van der Waals surface area contributed by atoms with Gasteiger partial charge in [0.25, 0.3) is 0 Å². The molecule has 3 aliphatic rings. The van der Waals surface area contributed by atoms with E-state index < -0.39 is 5.97 Å². The molecule has 0 bridgehead atoms. The second-order valence-corrected chi connectivity index (χ2v) is 12.6. The molecule has 3 aromatic carbocycles. The number of benzene rings is 3. The Labute approximate surface area is 225 Å². The Hall–Kier alpha value is -3.14. The summed E-state index contributed by atoms with van der Waals surface area (Å²) in [5.74, 6) is 0.00641. The lowest BCUT2D eigenvalue weighted by molar-refractivity contribution is -0.139. The molecule has 38 heavy (non-hydrogen) atoms.